The van der Waals surface area contributed by atoms with E-state index in [2.05, 4.69) is 4.98 Å². The Balaban J connectivity index is 2.95. The van der Waals surface area contributed by atoms with Crippen LogP contribution in [0.3, 0.4) is 0 Å². The molecule has 1 aromatic rings. The van der Waals surface area contributed by atoms with Crippen LogP contribution in [0.1, 0.15) is 31.1 Å². The van der Waals surface area contributed by atoms with Crippen LogP contribution in [0, 0.1) is 0 Å². The van der Waals surface area contributed by atoms with Gasteiger partial charge in [0.2, 0.25) is 0 Å². The van der Waals surface area contributed by atoms with Gasteiger partial charge in [0.1, 0.15) is 5.75 Å². The molecular weight excluding hydrogens is 192 g/mol. The molecule has 0 radical (unpaired) electrons. The van der Waals surface area contributed by atoms with Crippen LogP contribution >= 0.6 is 0 Å². The number of ketones is 1. The molecule has 1 heterocycles. The topological polar surface area (TPSA) is 65.2 Å². The number of aromatic nitrogens is 1. The summed E-state index contributed by atoms with van der Waals surface area (Å²) in [6, 6.07) is 1.66. The summed E-state index contributed by atoms with van der Waals surface area (Å²) in [5.74, 6) is 0.448. The van der Waals surface area contributed by atoms with Crippen LogP contribution in [0.4, 0.5) is 0 Å². The molecule has 4 heteroatoms. The predicted molar refractivity (Wildman–Crippen MR) is 58.0 cm³/mol. The summed E-state index contributed by atoms with van der Waals surface area (Å²) in [5.41, 5.74) is 5.31. The summed E-state index contributed by atoms with van der Waals surface area (Å²) in [7, 11) is 0. The Kier molecular flexibility index (Phi) is 3.42. The fraction of sp³-hybridized carbons (Fsp3) is 0.455. The molecule has 0 unspecified atom stereocenters. The van der Waals surface area contributed by atoms with E-state index in [-0.39, 0.29) is 5.78 Å². The zero-order chi connectivity index (χ0) is 11.5. The van der Waals surface area contributed by atoms with Gasteiger partial charge in [-0.1, -0.05) is 0 Å². The van der Waals surface area contributed by atoms with Crippen molar-refractivity contribution in [2.24, 2.45) is 5.73 Å². The SMILES string of the molecule is CCOc1cncc(C(=O)C(C)(C)N)c1. The molecule has 2 N–H and O–H groups in total. The van der Waals surface area contributed by atoms with Crippen molar-refractivity contribution in [2.75, 3.05) is 6.61 Å². The molecule has 0 fully saturated rings. The van der Waals surface area contributed by atoms with Gasteiger partial charge in [-0.05, 0) is 26.8 Å². The van der Waals surface area contributed by atoms with Crippen molar-refractivity contribution in [3.63, 3.8) is 0 Å². The van der Waals surface area contributed by atoms with Crippen LogP contribution in [0.2, 0.25) is 0 Å². The quantitative estimate of drug-likeness (QED) is 0.759. The third-order valence-corrected chi connectivity index (χ3v) is 1.87. The number of rotatable bonds is 4. The Hall–Kier alpha value is -1.42. The highest BCUT2D eigenvalue weighted by atomic mass is 16.5. The third-order valence-electron chi connectivity index (χ3n) is 1.87. The van der Waals surface area contributed by atoms with E-state index in [0.717, 1.165) is 0 Å². The first-order valence-corrected chi connectivity index (χ1v) is 4.86. The van der Waals surface area contributed by atoms with E-state index in [9.17, 15) is 4.79 Å². The van der Waals surface area contributed by atoms with Crippen LogP contribution in [0.25, 0.3) is 0 Å². The first kappa shape index (κ1) is 11.7. The molecule has 4 nitrogen and oxygen atoms in total. The summed E-state index contributed by atoms with van der Waals surface area (Å²) in [4.78, 5) is 15.7. The van der Waals surface area contributed by atoms with Crippen molar-refractivity contribution in [3.8, 4) is 5.75 Å². The van der Waals surface area contributed by atoms with Gasteiger partial charge in [0.25, 0.3) is 0 Å². The van der Waals surface area contributed by atoms with Gasteiger partial charge in [0.15, 0.2) is 5.78 Å². The second kappa shape index (κ2) is 4.40. The maximum atomic E-state index is 11.8. The van der Waals surface area contributed by atoms with E-state index in [0.29, 0.717) is 17.9 Å². The lowest BCUT2D eigenvalue weighted by Gasteiger charge is -2.16. The van der Waals surface area contributed by atoms with E-state index in [4.69, 9.17) is 10.5 Å². The molecular formula is C11H16N2O2. The number of ether oxygens (including phenoxy) is 1. The first-order chi connectivity index (χ1) is 6.95. The van der Waals surface area contributed by atoms with Crippen LogP contribution in [0.5, 0.6) is 5.75 Å². The summed E-state index contributed by atoms with van der Waals surface area (Å²) in [6.07, 6.45) is 3.07. The predicted octanol–water partition coefficient (Wildman–Crippen LogP) is 1.40. The van der Waals surface area contributed by atoms with Crippen LogP contribution in [-0.2, 0) is 0 Å². The number of nitrogens with two attached hydrogens (primary N) is 1. The zero-order valence-electron chi connectivity index (χ0n) is 9.28. The highest BCUT2D eigenvalue weighted by Crippen LogP contribution is 2.15. The lowest BCUT2D eigenvalue weighted by molar-refractivity contribution is 0.0912. The Morgan fingerprint density at radius 3 is 2.73 bits per heavy atom. The maximum Gasteiger partial charge on any atom is 0.183 e. The number of carbonyl (C=O) groups is 1. The first-order valence-electron chi connectivity index (χ1n) is 4.86. The minimum absolute atomic E-state index is 0.142. The second-order valence-corrected chi connectivity index (χ2v) is 3.89. The van der Waals surface area contributed by atoms with E-state index >= 15 is 0 Å². The number of hydrogen-bond donors (Lipinski definition) is 1. The molecule has 0 saturated carbocycles. The average molecular weight is 208 g/mol. The van der Waals surface area contributed by atoms with Crippen molar-refractivity contribution < 1.29 is 9.53 Å². The lowest BCUT2D eigenvalue weighted by atomic mass is 9.95. The van der Waals surface area contributed by atoms with Crippen molar-refractivity contribution in [2.45, 2.75) is 26.3 Å². The Morgan fingerprint density at radius 2 is 2.20 bits per heavy atom. The Morgan fingerprint density at radius 1 is 1.53 bits per heavy atom. The van der Waals surface area contributed by atoms with Crippen LogP contribution in [-0.4, -0.2) is 22.9 Å². The molecule has 0 atom stereocenters. The summed E-state index contributed by atoms with van der Waals surface area (Å²) >= 11 is 0. The number of Topliss-reactive ketones (excluding diaryl/α,β-unsaturated/α-hetero) is 1. The molecule has 0 aliphatic rings. The smallest absolute Gasteiger partial charge is 0.183 e. The molecule has 1 aromatic heterocycles. The van der Waals surface area contributed by atoms with E-state index in [1.54, 1.807) is 26.1 Å². The Labute approximate surface area is 89.5 Å². The number of nitrogens with zero attached hydrogens (tertiary/aromatic N) is 1. The van der Waals surface area contributed by atoms with Gasteiger partial charge in [-0.15, -0.1) is 0 Å². The number of pyridine rings is 1. The van der Waals surface area contributed by atoms with Crippen molar-refractivity contribution in [3.05, 3.63) is 24.0 Å². The summed E-state index contributed by atoms with van der Waals surface area (Å²) < 4.78 is 5.25. The van der Waals surface area contributed by atoms with Gasteiger partial charge >= 0.3 is 0 Å². The molecule has 0 amide bonds. The molecule has 1 rings (SSSR count). The van der Waals surface area contributed by atoms with Gasteiger partial charge in [-0.2, -0.15) is 0 Å². The highest BCUT2D eigenvalue weighted by Gasteiger charge is 2.23. The second-order valence-electron chi connectivity index (χ2n) is 3.89. The van der Waals surface area contributed by atoms with Gasteiger partial charge in [-0.25, -0.2) is 0 Å². The number of hydrogen-bond acceptors (Lipinski definition) is 4. The van der Waals surface area contributed by atoms with E-state index in [1.165, 1.54) is 6.20 Å². The molecule has 0 aliphatic heterocycles. The summed E-state index contributed by atoms with van der Waals surface area (Å²) in [6.45, 7) is 5.76. The molecule has 82 valence electrons. The minimum Gasteiger partial charge on any atom is -0.492 e. The van der Waals surface area contributed by atoms with Crippen molar-refractivity contribution >= 4 is 5.78 Å². The van der Waals surface area contributed by atoms with Gasteiger partial charge in [0.05, 0.1) is 18.3 Å². The number of carbonyl (C=O) groups excluding carboxylic acids is 1. The van der Waals surface area contributed by atoms with Crippen molar-refractivity contribution in [1.82, 2.24) is 4.98 Å². The molecule has 0 saturated heterocycles. The third kappa shape index (κ3) is 3.02. The molecule has 0 bridgehead atoms. The fourth-order valence-electron chi connectivity index (χ4n) is 1.16. The van der Waals surface area contributed by atoms with Crippen LogP contribution in [0.15, 0.2) is 18.5 Å². The van der Waals surface area contributed by atoms with E-state index < -0.39 is 5.54 Å². The summed E-state index contributed by atoms with van der Waals surface area (Å²) in [5, 5.41) is 0. The van der Waals surface area contributed by atoms with E-state index in [1.807, 2.05) is 6.92 Å². The average Bonchev–Trinajstić information content (AvgIpc) is 2.16. The minimum atomic E-state index is -0.882. The molecule has 0 spiro atoms. The normalized spacial score (nSPS) is 11.2. The maximum absolute atomic E-state index is 11.8. The molecule has 0 aromatic carbocycles. The highest BCUT2D eigenvalue weighted by molar-refractivity contribution is 6.02. The molecule has 0 aliphatic carbocycles. The van der Waals surface area contributed by atoms with Gasteiger partial charge in [0, 0.05) is 11.8 Å². The fourth-order valence-corrected chi connectivity index (χ4v) is 1.16. The largest absolute Gasteiger partial charge is 0.492 e. The molecule has 15 heavy (non-hydrogen) atoms. The van der Waals surface area contributed by atoms with Crippen molar-refractivity contribution in [1.29, 1.82) is 0 Å². The standard InChI is InChI=1S/C11H16N2O2/c1-4-15-9-5-8(6-13-7-9)10(14)11(2,3)12/h5-7H,4,12H2,1-3H3. The lowest BCUT2D eigenvalue weighted by Crippen LogP contribution is -2.41. The van der Waals surface area contributed by atoms with Gasteiger partial charge in [-0.3, -0.25) is 9.78 Å². The van der Waals surface area contributed by atoms with Gasteiger partial charge < -0.3 is 10.5 Å². The van der Waals surface area contributed by atoms with Crippen LogP contribution < -0.4 is 10.5 Å². The zero-order valence-corrected chi connectivity index (χ0v) is 9.28. The monoisotopic (exact) mass is 208 g/mol. The Bertz CT molecular complexity index is 356.